The lowest BCUT2D eigenvalue weighted by Crippen LogP contribution is -2.24. The third-order valence-electron chi connectivity index (χ3n) is 2.08. The summed E-state index contributed by atoms with van der Waals surface area (Å²) < 4.78 is 1.38. The second-order valence-corrected chi connectivity index (χ2v) is 4.03. The fourth-order valence-electron chi connectivity index (χ4n) is 1.32. The lowest BCUT2D eigenvalue weighted by molar-refractivity contribution is 0.621. The van der Waals surface area contributed by atoms with Crippen molar-refractivity contribution in [2.75, 3.05) is 5.73 Å². The van der Waals surface area contributed by atoms with Gasteiger partial charge in [0.05, 0.1) is 4.88 Å². The predicted octanol–water partition coefficient (Wildman–Crippen LogP) is 1.57. The van der Waals surface area contributed by atoms with E-state index < -0.39 is 0 Å². The van der Waals surface area contributed by atoms with Crippen LogP contribution in [0.3, 0.4) is 0 Å². The highest BCUT2D eigenvalue weighted by molar-refractivity contribution is 7.13. The fraction of sp³-hybridized carbons (Fsp3) is 0.200. The van der Waals surface area contributed by atoms with Gasteiger partial charge in [0.1, 0.15) is 11.4 Å². The molecule has 0 fully saturated rings. The fourth-order valence-corrected chi connectivity index (χ4v) is 2.00. The Morgan fingerprint density at radius 2 is 2.40 bits per heavy atom. The van der Waals surface area contributed by atoms with Crippen molar-refractivity contribution in [2.24, 2.45) is 0 Å². The minimum atomic E-state index is -0.224. The van der Waals surface area contributed by atoms with E-state index in [1.54, 1.807) is 17.4 Å². The molecule has 0 radical (unpaired) electrons. The molecule has 2 rings (SSSR count). The van der Waals surface area contributed by atoms with Crippen LogP contribution >= 0.6 is 11.3 Å². The highest BCUT2D eigenvalue weighted by Gasteiger charge is 2.06. The SMILES string of the molecule is CCn1nc(-c2cccs2)cc(N)c1=O. The standard InChI is InChI=1S/C10H11N3OS/c1-2-13-10(14)7(11)6-8(12-13)9-4-3-5-15-9/h3-6H,2,11H2,1H3. The molecule has 0 aliphatic carbocycles. The molecule has 0 aliphatic rings. The first-order valence-electron chi connectivity index (χ1n) is 4.64. The number of hydrogen-bond acceptors (Lipinski definition) is 4. The van der Waals surface area contributed by atoms with Crippen molar-refractivity contribution >= 4 is 17.0 Å². The third kappa shape index (κ3) is 1.78. The molecule has 0 saturated heterocycles. The summed E-state index contributed by atoms with van der Waals surface area (Å²) in [6.07, 6.45) is 0. The molecule has 4 nitrogen and oxygen atoms in total. The maximum absolute atomic E-state index is 11.5. The summed E-state index contributed by atoms with van der Waals surface area (Å²) in [4.78, 5) is 12.5. The monoisotopic (exact) mass is 221 g/mol. The lowest BCUT2D eigenvalue weighted by atomic mass is 10.3. The van der Waals surface area contributed by atoms with Crippen molar-refractivity contribution in [3.8, 4) is 10.6 Å². The molecule has 15 heavy (non-hydrogen) atoms. The zero-order chi connectivity index (χ0) is 10.8. The molecule has 0 spiro atoms. The zero-order valence-corrected chi connectivity index (χ0v) is 9.12. The predicted molar refractivity (Wildman–Crippen MR) is 61.9 cm³/mol. The second kappa shape index (κ2) is 3.86. The number of anilines is 1. The lowest BCUT2D eigenvalue weighted by Gasteiger charge is -2.04. The van der Waals surface area contributed by atoms with Gasteiger partial charge in [-0.2, -0.15) is 5.10 Å². The molecule has 0 amide bonds. The quantitative estimate of drug-likeness (QED) is 0.837. The molecule has 0 aromatic carbocycles. The molecule has 0 bridgehead atoms. The maximum atomic E-state index is 11.5. The van der Waals surface area contributed by atoms with E-state index in [2.05, 4.69) is 5.10 Å². The molecule has 0 aliphatic heterocycles. The van der Waals surface area contributed by atoms with E-state index >= 15 is 0 Å². The topological polar surface area (TPSA) is 60.9 Å². The average molecular weight is 221 g/mol. The van der Waals surface area contributed by atoms with Crippen molar-refractivity contribution in [2.45, 2.75) is 13.5 Å². The van der Waals surface area contributed by atoms with Gasteiger partial charge in [0.15, 0.2) is 0 Å². The molecule has 5 heteroatoms. The summed E-state index contributed by atoms with van der Waals surface area (Å²) in [6.45, 7) is 2.40. The van der Waals surface area contributed by atoms with Crippen molar-refractivity contribution in [1.82, 2.24) is 9.78 Å². The average Bonchev–Trinajstić information content (AvgIpc) is 2.75. The van der Waals surface area contributed by atoms with Crippen molar-refractivity contribution in [3.05, 3.63) is 33.9 Å². The van der Waals surface area contributed by atoms with Gasteiger partial charge in [-0.3, -0.25) is 4.79 Å². The van der Waals surface area contributed by atoms with Gasteiger partial charge in [0.25, 0.3) is 5.56 Å². The zero-order valence-electron chi connectivity index (χ0n) is 8.30. The van der Waals surface area contributed by atoms with E-state index in [1.807, 2.05) is 24.4 Å². The van der Waals surface area contributed by atoms with Gasteiger partial charge in [-0.15, -0.1) is 11.3 Å². The van der Waals surface area contributed by atoms with Crippen LogP contribution in [0.5, 0.6) is 0 Å². The van der Waals surface area contributed by atoms with Gasteiger partial charge >= 0.3 is 0 Å². The molecule has 0 unspecified atom stereocenters. The van der Waals surface area contributed by atoms with E-state index in [0.717, 1.165) is 10.6 Å². The summed E-state index contributed by atoms with van der Waals surface area (Å²) >= 11 is 1.58. The Balaban J connectivity index is 2.60. The minimum Gasteiger partial charge on any atom is -0.394 e. The van der Waals surface area contributed by atoms with Crippen LogP contribution in [0.25, 0.3) is 10.6 Å². The number of rotatable bonds is 2. The Morgan fingerprint density at radius 1 is 1.60 bits per heavy atom. The molecular weight excluding hydrogens is 210 g/mol. The van der Waals surface area contributed by atoms with E-state index in [-0.39, 0.29) is 11.2 Å². The minimum absolute atomic E-state index is 0.224. The molecular formula is C10H11N3OS. The maximum Gasteiger partial charge on any atom is 0.289 e. The number of nitrogens with zero attached hydrogens (tertiary/aromatic N) is 2. The molecule has 2 aromatic rings. The van der Waals surface area contributed by atoms with Crippen LogP contribution in [0.4, 0.5) is 5.69 Å². The van der Waals surface area contributed by atoms with Gasteiger partial charge in [-0.1, -0.05) is 6.07 Å². The van der Waals surface area contributed by atoms with Gasteiger partial charge in [-0.05, 0) is 24.4 Å². The third-order valence-corrected chi connectivity index (χ3v) is 2.97. The van der Waals surface area contributed by atoms with Crippen molar-refractivity contribution in [3.63, 3.8) is 0 Å². The Bertz CT molecular complexity index is 516. The van der Waals surface area contributed by atoms with E-state index in [9.17, 15) is 4.79 Å². The van der Waals surface area contributed by atoms with Gasteiger partial charge in [0.2, 0.25) is 0 Å². The van der Waals surface area contributed by atoms with E-state index in [4.69, 9.17) is 5.73 Å². The normalized spacial score (nSPS) is 10.5. The first-order valence-corrected chi connectivity index (χ1v) is 5.52. The number of thiophene rings is 1. The number of aryl methyl sites for hydroxylation is 1. The van der Waals surface area contributed by atoms with Gasteiger partial charge in [0, 0.05) is 6.54 Å². The highest BCUT2D eigenvalue weighted by Crippen LogP contribution is 2.22. The first kappa shape index (κ1) is 9.92. The number of aromatic nitrogens is 2. The first-order chi connectivity index (χ1) is 7.22. The van der Waals surface area contributed by atoms with Crippen LogP contribution in [0.15, 0.2) is 28.4 Å². The number of nitrogens with two attached hydrogens (primary N) is 1. The molecule has 2 aromatic heterocycles. The number of hydrogen-bond donors (Lipinski definition) is 1. The number of nitrogen functional groups attached to an aromatic ring is 1. The molecule has 2 N–H and O–H groups in total. The Morgan fingerprint density at radius 3 is 3.00 bits per heavy atom. The van der Waals surface area contributed by atoms with Gasteiger partial charge < -0.3 is 5.73 Å². The summed E-state index contributed by atoms with van der Waals surface area (Å²) in [5.74, 6) is 0. The second-order valence-electron chi connectivity index (χ2n) is 3.08. The van der Waals surface area contributed by atoms with Gasteiger partial charge in [-0.25, -0.2) is 4.68 Å². The smallest absolute Gasteiger partial charge is 0.289 e. The summed E-state index contributed by atoms with van der Waals surface area (Å²) in [5.41, 5.74) is 6.41. The van der Waals surface area contributed by atoms with E-state index in [1.165, 1.54) is 4.68 Å². The highest BCUT2D eigenvalue weighted by atomic mass is 32.1. The largest absolute Gasteiger partial charge is 0.394 e. The summed E-state index contributed by atoms with van der Waals surface area (Å²) in [6, 6.07) is 5.52. The Hall–Kier alpha value is -1.62. The molecule has 78 valence electrons. The van der Waals surface area contributed by atoms with Crippen LogP contribution in [-0.4, -0.2) is 9.78 Å². The summed E-state index contributed by atoms with van der Waals surface area (Å²) in [5, 5.41) is 6.20. The molecule has 2 heterocycles. The van der Waals surface area contributed by atoms with E-state index in [0.29, 0.717) is 6.54 Å². The Labute approximate surface area is 91.0 Å². The molecule has 0 atom stereocenters. The van der Waals surface area contributed by atoms with Crippen molar-refractivity contribution < 1.29 is 0 Å². The van der Waals surface area contributed by atoms with Crippen LogP contribution in [0.2, 0.25) is 0 Å². The van der Waals surface area contributed by atoms with Crippen molar-refractivity contribution in [1.29, 1.82) is 0 Å². The Kier molecular flexibility index (Phi) is 2.55. The van der Waals surface area contributed by atoms with Crippen LogP contribution in [0.1, 0.15) is 6.92 Å². The van der Waals surface area contributed by atoms with Crippen LogP contribution in [-0.2, 0) is 6.54 Å². The summed E-state index contributed by atoms with van der Waals surface area (Å²) in [7, 11) is 0. The van der Waals surface area contributed by atoms with Crippen LogP contribution < -0.4 is 11.3 Å². The molecule has 0 saturated carbocycles. The van der Waals surface area contributed by atoms with Crippen LogP contribution in [0, 0.1) is 0 Å².